The van der Waals surface area contributed by atoms with Crippen molar-refractivity contribution < 1.29 is 14.0 Å². The van der Waals surface area contributed by atoms with E-state index in [0.29, 0.717) is 30.2 Å². The van der Waals surface area contributed by atoms with Crippen molar-refractivity contribution in [2.75, 3.05) is 0 Å². The Labute approximate surface area is 198 Å². The normalized spacial score (nSPS) is 17.5. The zero-order chi connectivity index (χ0) is 23.7. The van der Waals surface area contributed by atoms with E-state index >= 15 is 0 Å². The number of carbonyl (C=O) groups excluding carboxylic acids is 2. The van der Waals surface area contributed by atoms with Crippen molar-refractivity contribution >= 4 is 11.8 Å². The lowest BCUT2D eigenvalue weighted by molar-refractivity contribution is -0.133. The molecule has 2 amide bonds. The van der Waals surface area contributed by atoms with E-state index in [0.717, 1.165) is 16.7 Å². The van der Waals surface area contributed by atoms with Crippen LogP contribution in [0.15, 0.2) is 83.5 Å². The van der Waals surface area contributed by atoms with Crippen molar-refractivity contribution in [1.29, 1.82) is 0 Å². The van der Waals surface area contributed by atoms with E-state index in [1.807, 2.05) is 61.5 Å². The van der Waals surface area contributed by atoms with E-state index in [9.17, 15) is 9.59 Å². The summed E-state index contributed by atoms with van der Waals surface area (Å²) in [7, 11) is 0. The molecule has 0 radical (unpaired) electrons. The van der Waals surface area contributed by atoms with Crippen LogP contribution in [0.4, 0.5) is 0 Å². The maximum Gasteiger partial charge on any atom is 0.273 e. The summed E-state index contributed by atoms with van der Waals surface area (Å²) >= 11 is 0. The predicted octanol–water partition coefficient (Wildman–Crippen LogP) is 4.18. The minimum atomic E-state index is -1.13. The molecular weight excluding hydrogens is 428 g/mol. The number of amides is 2. The van der Waals surface area contributed by atoms with E-state index < -0.39 is 5.54 Å². The molecule has 5 rings (SSSR count). The minimum absolute atomic E-state index is 0.224. The van der Waals surface area contributed by atoms with Gasteiger partial charge >= 0.3 is 0 Å². The second-order valence-electron chi connectivity index (χ2n) is 8.87. The summed E-state index contributed by atoms with van der Waals surface area (Å²) in [6.07, 6.45) is 1.57. The van der Waals surface area contributed by atoms with Crippen LogP contribution in [-0.4, -0.2) is 32.0 Å². The third kappa shape index (κ3) is 4.01. The van der Waals surface area contributed by atoms with Gasteiger partial charge in [0.05, 0.1) is 12.8 Å². The van der Waals surface area contributed by atoms with E-state index in [1.165, 1.54) is 0 Å². The number of nitrogens with one attached hydrogen (secondary N) is 1. The van der Waals surface area contributed by atoms with Gasteiger partial charge in [-0.1, -0.05) is 60.2 Å². The minimum Gasteiger partial charge on any atom is -0.463 e. The molecule has 1 atom stereocenters. The first-order chi connectivity index (χ1) is 16.4. The summed E-state index contributed by atoms with van der Waals surface area (Å²) in [5, 5.41) is 7.62. The van der Waals surface area contributed by atoms with Crippen molar-refractivity contribution in [3.63, 3.8) is 0 Å². The maximum atomic E-state index is 13.7. The van der Waals surface area contributed by atoms with Crippen LogP contribution in [0.25, 0.3) is 11.5 Å². The largest absolute Gasteiger partial charge is 0.463 e. The molecule has 7 heteroatoms. The number of aryl methyl sites for hydroxylation is 1. The molecule has 0 aliphatic carbocycles. The fraction of sp³-hybridized carbons (Fsp3) is 0.222. The standard InChI is InChI=1S/C27H26N4O3/c1-19-10-12-20(13-11-19)16-28-26(33)27(2)18-31-23(15-22(29-31)24-9-6-14-34-24)25(32)30(27)17-21-7-4-3-5-8-21/h3-15H,16-18H2,1-2H3,(H,28,33)/t27-/m0/s1. The van der Waals surface area contributed by atoms with Crippen molar-refractivity contribution in [2.45, 2.75) is 39.0 Å². The molecule has 1 N–H and O–H groups in total. The van der Waals surface area contributed by atoms with Crippen molar-refractivity contribution in [1.82, 2.24) is 20.0 Å². The van der Waals surface area contributed by atoms with Crippen LogP contribution < -0.4 is 5.32 Å². The lowest BCUT2D eigenvalue weighted by Gasteiger charge is -2.43. The SMILES string of the molecule is Cc1ccc(CNC(=O)[C@]2(C)Cn3nc(-c4ccco4)cc3C(=O)N2Cc2ccccc2)cc1. The average Bonchev–Trinajstić information content (AvgIpc) is 3.52. The third-order valence-electron chi connectivity index (χ3n) is 6.32. The first-order valence-electron chi connectivity index (χ1n) is 11.3. The van der Waals surface area contributed by atoms with Gasteiger partial charge in [0.1, 0.15) is 16.9 Å². The molecule has 1 aliphatic heterocycles. The summed E-state index contributed by atoms with van der Waals surface area (Å²) < 4.78 is 7.09. The van der Waals surface area contributed by atoms with E-state index in [2.05, 4.69) is 10.4 Å². The fourth-order valence-corrected chi connectivity index (χ4v) is 4.28. The molecule has 0 unspecified atom stereocenters. The van der Waals surface area contributed by atoms with Gasteiger partial charge in [-0.25, -0.2) is 0 Å². The number of hydrogen-bond acceptors (Lipinski definition) is 4. The van der Waals surface area contributed by atoms with Crippen LogP contribution in [0, 0.1) is 6.92 Å². The summed E-state index contributed by atoms with van der Waals surface area (Å²) in [5.74, 6) is 0.112. The van der Waals surface area contributed by atoms with Gasteiger partial charge in [0.15, 0.2) is 5.76 Å². The van der Waals surface area contributed by atoms with E-state index in [1.54, 1.807) is 41.0 Å². The van der Waals surface area contributed by atoms with Crippen molar-refractivity contribution in [3.05, 3.63) is 101 Å². The van der Waals surface area contributed by atoms with Gasteiger partial charge in [-0.05, 0) is 37.1 Å². The zero-order valence-electron chi connectivity index (χ0n) is 19.2. The van der Waals surface area contributed by atoms with Gasteiger partial charge in [0.25, 0.3) is 5.91 Å². The lowest BCUT2D eigenvalue weighted by atomic mass is 9.94. The molecule has 0 fully saturated rings. The van der Waals surface area contributed by atoms with Crippen LogP contribution >= 0.6 is 0 Å². The quantitative estimate of drug-likeness (QED) is 0.474. The van der Waals surface area contributed by atoms with Gasteiger partial charge in [-0.2, -0.15) is 5.10 Å². The maximum absolute atomic E-state index is 13.7. The van der Waals surface area contributed by atoms with Crippen LogP contribution in [0.2, 0.25) is 0 Å². The molecule has 7 nitrogen and oxygen atoms in total. The Bertz CT molecular complexity index is 1310. The molecule has 4 aromatic rings. The van der Waals surface area contributed by atoms with Crippen molar-refractivity contribution in [3.8, 4) is 11.5 Å². The third-order valence-corrected chi connectivity index (χ3v) is 6.32. The summed E-state index contributed by atoms with van der Waals surface area (Å²) in [5.41, 5.74) is 2.99. The molecule has 0 bridgehead atoms. The number of furan rings is 1. The number of carbonyl (C=O) groups is 2. The van der Waals surface area contributed by atoms with E-state index in [-0.39, 0.29) is 18.4 Å². The highest BCUT2D eigenvalue weighted by Crippen LogP contribution is 2.31. The van der Waals surface area contributed by atoms with Gasteiger partial charge < -0.3 is 14.6 Å². The highest BCUT2D eigenvalue weighted by Gasteiger charge is 2.48. The molecule has 2 aromatic heterocycles. The number of fused-ring (bicyclic) bond motifs is 1. The molecule has 3 heterocycles. The Morgan fingerprint density at radius 3 is 2.53 bits per heavy atom. The molecule has 172 valence electrons. The number of benzene rings is 2. The first kappa shape index (κ1) is 21.7. The van der Waals surface area contributed by atoms with Crippen LogP contribution in [0.3, 0.4) is 0 Å². The molecular formula is C27H26N4O3. The zero-order valence-corrected chi connectivity index (χ0v) is 19.2. The molecule has 0 spiro atoms. The molecule has 2 aromatic carbocycles. The number of aromatic nitrogens is 2. The Morgan fingerprint density at radius 1 is 1.06 bits per heavy atom. The van der Waals surface area contributed by atoms with Crippen molar-refractivity contribution in [2.24, 2.45) is 0 Å². The number of nitrogens with zero attached hydrogens (tertiary/aromatic N) is 3. The summed E-state index contributed by atoms with van der Waals surface area (Å²) in [6.45, 7) is 4.76. The highest BCUT2D eigenvalue weighted by atomic mass is 16.3. The van der Waals surface area contributed by atoms with Crippen LogP contribution in [0.1, 0.15) is 34.1 Å². The Hall–Kier alpha value is -4.13. The predicted molar refractivity (Wildman–Crippen MR) is 128 cm³/mol. The highest BCUT2D eigenvalue weighted by molar-refractivity contribution is 6.00. The number of rotatable bonds is 6. The van der Waals surface area contributed by atoms with Crippen LogP contribution in [0.5, 0.6) is 0 Å². The van der Waals surface area contributed by atoms with Gasteiger partial charge in [0.2, 0.25) is 5.91 Å². The van der Waals surface area contributed by atoms with E-state index in [4.69, 9.17) is 4.42 Å². The Morgan fingerprint density at radius 2 is 1.82 bits per heavy atom. The van der Waals surface area contributed by atoms with Gasteiger partial charge in [-0.15, -0.1) is 0 Å². The molecule has 0 saturated heterocycles. The second-order valence-corrected chi connectivity index (χ2v) is 8.87. The summed E-state index contributed by atoms with van der Waals surface area (Å²) in [6, 6.07) is 23.0. The monoisotopic (exact) mass is 454 g/mol. The average molecular weight is 455 g/mol. The first-order valence-corrected chi connectivity index (χ1v) is 11.3. The van der Waals surface area contributed by atoms with Gasteiger partial charge in [0, 0.05) is 19.2 Å². The number of hydrogen-bond donors (Lipinski definition) is 1. The van der Waals surface area contributed by atoms with Crippen LogP contribution in [-0.2, 0) is 24.4 Å². The molecule has 34 heavy (non-hydrogen) atoms. The molecule has 0 saturated carbocycles. The smallest absolute Gasteiger partial charge is 0.273 e. The Balaban J connectivity index is 1.47. The lowest BCUT2D eigenvalue weighted by Crippen LogP contribution is -2.63. The van der Waals surface area contributed by atoms with Gasteiger partial charge in [-0.3, -0.25) is 14.3 Å². The second kappa shape index (κ2) is 8.67. The summed E-state index contributed by atoms with van der Waals surface area (Å²) in [4.78, 5) is 28.9. The topological polar surface area (TPSA) is 80.4 Å². The molecule has 1 aliphatic rings. The fourth-order valence-electron chi connectivity index (χ4n) is 4.28. The Kier molecular flexibility index (Phi) is 5.53.